The van der Waals surface area contributed by atoms with Crippen LogP contribution in [0.2, 0.25) is 0 Å². The molecule has 2 aromatic carbocycles. The van der Waals surface area contributed by atoms with E-state index in [1.54, 1.807) is 0 Å². The fourth-order valence-corrected chi connectivity index (χ4v) is 3.67. The average Bonchev–Trinajstić information content (AvgIpc) is 2.99. The summed E-state index contributed by atoms with van der Waals surface area (Å²) in [4.78, 5) is 12.8. The Labute approximate surface area is 124 Å². The SMILES string of the molecule is C=C(C)C1CC2(C(=O)O1)c1ccccc1-c1ccccc12. The van der Waals surface area contributed by atoms with E-state index in [2.05, 4.69) is 30.8 Å². The van der Waals surface area contributed by atoms with Crippen LogP contribution >= 0.6 is 0 Å². The second-order valence-corrected chi connectivity index (χ2v) is 5.94. The Bertz CT molecular complexity index is 727. The summed E-state index contributed by atoms with van der Waals surface area (Å²) in [7, 11) is 0. The second-order valence-electron chi connectivity index (χ2n) is 5.94. The third-order valence-electron chi connectivity index (χ3n) is 4.70. The van der Waals surface area contributed by atoms with E-state index in [-0.39, 0.29) is 12.1 Å². The van der Waals surface area contributed by atoms with E-state index in [1.807, 2.05) is 31.2 Å². The molecule has 4 rings (SSSR count). The van der Waals surface area contributed by atoms with E-state index < -0.39 is 5.41 Å². The lowest BCUT2D eigenvalue weighted by Crippen LogP contribution is -2.30. The molecule has 0 radical (unpaired) electrons. The first-order valence-corrected chi connectivity index (χ1v) is 7.20. The molecule has 1 heterocycles. The lowest BCUT2D eigenvalue weighted by Gasteiger charge is -2.21. The van der Waals surface area contributed by atoms with Gasteiger partial charge in [-0.05, 0) is 34.8 Å². The van der Waals surface area contributed by atoms with Crippen LogP contribution in [0.25, 0.3) is 11.1 Å². The van der Waals surface area contributed by atoms with Crippen molar-refractivity contribution in [3.8, 4) is 11.1 Å². The number of cyclic esters (lactones) is 1. The fraction of sp³-hybridized carbons (Fsp3) is 0.211. The van der Waals surface area contributed by atoms with Crippen molar-refractivity contribution >= 4 is 5.97 Å². The second kappa shape index (κ2) is 4.08. The van der Waals surface area contributed by atoms with Crippen molar-refractivity contribution in [1.29, 1.82) is 0 Å². The summed E-state index contributed by atoms with van der Waals surface area (Å²) >= 11 is 0. The molecule has 1 saturated heterocycles. The van der Waals surface area contributed by atoms with Gasteiger partial charge in [0, 0.05) is 6.42 Å². The number of ether oxygens (including phenoxy) is 1. The summed E-state index contributed by atoms with van der Waals surface area (Å²) in [6, 6.07) is 16.3. The summed E-state index contributed by atoms with van der Waals surface area (Å²) in [5.74, 6) is -0.145. The molecule has 1 spiro atoms. The van der Waals surface area contributed by atoms with Gasteiger partial charge in [0.2, 0.25) is 0 Å². The number of esters is 1. The maximum absolute atomic E-state index is 12.8. The fourth-order valence-electron chi connectivity index (χ4n) is 3.67. The van der Waals surface area contributed by atoms with Crippen LogP contribution in [0.15, 0.2) is 60.7 Å². The van der Waals surface area contributed by atoms with Gasteiger partial charge in [-0.1, -0.05) is 55.1 Å². The molecule has 0 aromatic heterocycles. The van der Waals surface area contributed by atoms with Crippen LogP contribution < -0.4 is 0 Å². The van der Waals surface area contributed by atoms with Gasteiger partial charge in [-0.2, -0.15) is 0 Å². The van der Waals surface area contributed by atoms with Crippen molar-refractivity contribution in [3.05, 3.63) is 71.8 Å². The van der Waals surface area contributed by atoms with Crippen molar-refractivity contribution < 1.29 is 9.53 Å². The Morgan fingerprint density at radius 2 is 1.62 bits per heavy atom. The maximum atomic E-state index is 12.8. The number of carbonyl (C=O) groups is 1. The summed E-state index contributed by atoms with van der Waals surface area (Å²) in [6.45, 7) is 5.88. The van der Waals surface area contributed by atoms with E-state index in [0.29, 0.717) is 6.42 Å². The molecule has 2 heteroatoms. The minimum Gasteiger partial charge on any atom is -0.457 e. The molecule has 1 aliphatic carbocycles. The highest BCUT2D eigenvalue weighted by atomic mass is 16.6. The topological polar surface area (TPSA) is 26.3 Å². The van der Waals surface area contributed by atoms with Gasteiger partial charge in [-0.15, -0.1) is 0 Å². The highest BCUT2D eigenvalue weighted by Crippen LogP contribution is 2.55. The first-order valence-electron chi connectivity index (χ1n) is 7.20. The van der Waals surface area contributed by atoms with Crippen LogP contribution in [0.5, 0.6) is 0 Å². The van der Waals surface area contributed by atoms with E-state index in [1.165, 1.54) is 0 Å². The zero-order chi connectivity index (χ0) is 14.6. The number of hydrogen-bond acceptors (Lipinski definition) is 2. The Morgan fingerprint density at radius 1 is 1.10 bits per heavy atom. The highest BCUT2D eigenvalue weighted by molar-refractivity contribution is 5.99. The standard InChI is InChI=1S/C19H16O2/c1-12(2)17-11-19(18(20)21-17)15-9-5-3-7-13(15)14-8-4-6-10-16(14)19/h3-10,17H,1,11H2,2H3. The molecule has 2 nitrogen and oxygen atoms in total. The Morgan fingerprint density at radius 3 is 2.10 bits per heavy atom. The Balaban J connectivity index is 2.01. The van der Waals surface area contributed by atoms with Gasteiger partial charge in [0.25, 0.3) is 0 Å². The third kappa shape index (κ3) is 1.45. The van der Waals surface area contributed by atoms with E-state index in [4.69, 9.17) is 4.74 Å². The molecule has 1 atom stereocenters. The van der Waals surface area contributed by atoms with Gasteiger partial charge < -0.3 is 4.74 Å². The Hall–Kier alpha value is -2.35. The molecule has 1 fully saturated rings. The molecular weight excluding hydrogens is 260 g/mol. The van der Waals surface area contributed by atoms with E-state index in [0.717, 1.165) is 27.8 Å². The predicted molar refractivity (Wildman–Crippen MR) is 82.0 cm³/mol. The van der Waals surface area contributed by atoms with Gasteiger partial charge >= 0.3 is 5.97 Å². The monoisotopic (exact) mass is 276 g/mol. The molecule has 2 aromatic rings. The van der Waals surface area contributed by atoms with Gasteiger partial charge in [0.05, 0.1) is 0 Å². The molecule has 0 N–H and O–H groups in total. The van der Waals surface area contributed by atoms with Crippen molar-refractivity contribution in [1.82, 2.24) is 0 Å². The lowest BCUT2D eigenvalue weighted by atomic mass is 9.75. The number of carbonyl (C=O) groups excluding carboxylic acids is 1. The van der Waals surface area contributed by atoms with Gasteiger partial charge in [-0.3, -0.25) is 4.79 Å². The molecule has 0 bridgehead atoms. The van der Waals surface area contributed by atoms with Crippen molar-refractivity contribution in [2.24, 2.45) is 0 Å². The van der Waals surface area contributed by atoms with Crippen LogP contribution in [0, 0.1) is 0 Å². The molecule has 21 heavy (non-hydrogen) atoms. The van der Waals surface area contributed by atoms with E-state index >= 15 is 0 Å². The van der Waals surface area contributed by atoms with Crippen molar-refractivity contribution in [3.63, 3.8) is 0 Å². The average molecular weight is 276 g/mol. The summed E-state index contributed by atoms with van der Waals surface area (Å²) in [6.07, 6.45) is 0.451. The van der Waals surface area contributed by atoms with Gasteiger partial charge in [0.15, 0.2) is 0 Å². The third-order valence-corrected chi connectivity index (χ3v) is 4.70. The first kappa shape index (κ1) is 12.4. The molecular formula is C19H16O2. The van der Waals surface area contributed by atoms with Crippen molar-refractivity contribution in [2.75, 3.05) is 0 Å². The Kier molecular flexibility index (Phi) is 2.41. The summed E-state index contributed by atoms with van der Waals surface area (Å²) in [5, 5.41) is 0. The molecule has 1 aliphatic heterocycles. The highest BCUT2D eigenvalue weighted by Gasteiger charge is 2.56. The smallest absolute Gasteiger partial charge is 0.321 e. The zero-order valence-electron chi connectivity index (χ0n) is 11.9. The maximum Gasteiger partial charge on any atom is 0.321 e. The quantitative estimate of drug-likeness (QED) is 0.584. The van der Waals surface area contributed by atoms with Gasteiger partial charge in [-0.25, -0.2) is 0 Å². The molecule has 104 valence electrons. The lowest BCUT2D eigenvalue weighted by molar-refractivity contribution is -0.143. The largest absolute Gasteiger partial charge is 0.457 e. The molecule has 2 aliphatic rings. The summed E-state index contributed by atoms with van der Waals surface area (Å²) < 4.78 is 5.64. The van der Waals surface area contributed by atoms with Crippen LogP contribution in [0.4, 0.5) is 0 Å². The minimum absolute atomic E-state index is 0.145. The normalized spacial score (nSPS) is 21.0. The zero-order valence-corrected chi connectivity index (χ0v) is 11.9. The van der Waals surface area contributed by atoms with E-state index in [9.17, 15) is 4.79 Å². The molecule has 1 unspecified atom stereocenters. The molecule has 0 amide bonds. The van der Waals surface area contributed by atoms with Crippen molar-refractivity contribution in [2.45, 2.75) is 24.9 Å². The van der Waals surface area contributed by atoms with Crippen LogP contribution in [-0.4, -0.2) is 12.1 Å². The number of fused-ring (bicyclic) bond motifs is 5. The minimum atomic E-state index is -0.656. The number of rotatable bonds is 1. The van der Waals surface area contributed by atoms with Gasteiger partial charge in [0.1, 0.15) is 11.5 Å². The number of hydrogen-bond donors (Lipinski definition) is 0. The number of benzene rings is 2. The van der Waals surface area contributed by atoms with Crippen LogP contribution in [-0.2, 0) is 14.9 Å². The predicted octanol–water partition coefficient (Wildman–Crippen LogP) is 3.84. The van der Waals surface area contributed by atoms with Crippen LogP contribution in [0.3, 0.4) is 0 Å². The molecule has 0 saturated carbocycles. The summed E-state index contributed by atoms with van der Waals surface area (Å²) in [5.41, 5.74) is 4.68. The first-order chi connectivity index (χ1) is 10.1. The van der Waals surface area contributed by atoms with Crippen LogP contribution in [0.1, 0.15) is 24.5 Å².